The molecular formula is C12H17N3O2S. The lowest BCUT2D eigenvalue weighted by Crippen LogP contribution is -2.28. The van der Waals surface area contributed by atoms with E-state index in [9.17, 15) is 9.59 Å². The number of thioether (sulfide) groups is 1. The van der Waals surface area contributed by atoms with Crippen LogP contribution in [0.1, 0.15) is 19.2 Å². The van der Waals surface area contributed by atoms with Gasteiger partial charge >= 0.3 is 0 Å². The van der Waals surface area contributed by atoms with Crippen molar-refractivity contribution in [1.82, 2.24) is 14.9 Å². The molecule has 0 bridgehead atoms. The van der Waals surface area contributed by atoms with Crippen molar-refractivity contribution in [3.8, 4) is 0 Å². The number of aromatic nitrogens is 2. The standard InChI is InChI=1S/C12H17N3O2S/c1-9(16)18-8-10-6-12(17)15(7-10)5-2-11-13-3-4-14-11/h3-4,10H,2,5-8H2,1H3,(H,13,14). The highest BCUT2D eigenvalue weighted by Gasteiger charge is 2.29. The Morgan fingerprint density at radius 1 is 1.67 bits per heavy atom. The summed E-state index contributed by atoms with van der Waals surface area (Å²) >= 11 is 1.31. The molecule has 2 rings (SSSR count). The van der Waals surface area contributed by atoms with Crippen molar-refractivity contribution >= 4 is 22.8 Å². The minimum atomic E-state index is 0.122. The maximum Gasteiger partial charge on any atom is 0.222 e. The Balaban J connectivity index is 1.76. The van der Waals surface area contributed by atoms with Gasteiger partial charge in [0, 0.05) is 51.0 Å². The van der Waals surface area contributed by atoms with E-state index >= 15 is 0 Å². The number of rotatable bonds is 5. The second-order valence-electron chi connectivity index (χ2n) is 4.50. The molecule has 1 fully saturated rings. The van der Waals surface area contributed by atoms with Crippen molar-refractivity contribution in [2.24, 2.45) is 5.92 Å². The Bertz CT molecular complexity index is 419. The highest BCUT2D eigenvalue weighted by atomic mass is 32.2. The Hall–Kier alpha value is -1.30. The van der Waals surface area contributed by atoms with E-state index in [1.807, 2.05) is 4.90 Å². The molecule has 5 nitrogen and oxygen atoms in total. The Morgan fingerprint density at radius 2 is 2.50 bits per heavy atom. The van der Waals surface area contributed by atoms with Gasteiger partial charge < -0.3 is 9.88 Å². The van der Waals surface area contributed by atoms with E-state index < -0.39 is 0 Å². The summed E-state index contributed by atoms with van der Waals surface area (Å²) in [5.74, 6) is 2.15. The van der Waals surface area contributed by atoms with Gasteiger partial charge in [-0.05, 0) is 5.92 Å². The number of imidazole rings is 1. The predicted molar refractivity (Wildman–Crippen MR) is 70.1 cm³/mol. The van der Waals surface area contributed by atoms with E-state index in [-0.39, 0.29) is 11.0 Å². The van der Waals surface area contributed by atoms with Crippen LogP contribution in [0.25, 0.3) is 0 Å². The quantitative estimate of drug-likeness (QED) is 0.867. The highest BCUT2D eigenvalue weighted by molar-refractivity contribution is 8.13. The normalized spacial score (nSPS) is 19.5. The molecule has 6 heteroatoms. The minimum absolute atomic E-state index is 0.122. The zero-order valence-electron chi connectivity index (χ0n) is 10.4. The largest absolute Gasteiger partial charge is 0.349 e. The van der Waals surface area contributed by atoms with Crippen LogP contribution in [0.5, 0.6) is 0 Å². The molecule has 1 aliphatic heterocycles. The van der Waals surface area contributed by atoms with Gasteiger partial charge in [0.1, 0.15) is 5.82 Å². The summed E-state index contributed by atoms with van der Waals surface area (Å²) in [6.07, 6.45) is 4.82. The molecule has 1 atom stereocenters. The molecule has 0 saturated carbocycles. The van der Waals surface area contributed by atoms with E-state index in [1.54, 1.807) is 19.3 Å². The Morgan fingerprint density at radius 3 is 3.17 bits per heavy atom. The molecule has 1 N–H and O–H groups in total. The summed E-state index contributed by atoms with van der Waals surface area (Å²) < 4.78 is 0. The first-order valence-electron chi connectivity index (χ1n) is 6.04. The summed E-state index contributed by atoms with van der Waals surface area (Å²) in [5.41, 5.74) is 0. The van der Waals surface area contributed by atoms with Crippen LogP contribution in [0, 0.1) is 5.92 Å². The number of carbonyl (C=O) groups is 2. The number of carbonyl (C=O) groups excluding carboxylic acids is 2. The third kappa shape index (κ3) is 3.60. The van der Waals surface area contributed by atoms with Crippen LogP contribution in [-0.2, 0) is 16.0 Å². The highest BCUT2D eigenvalue weighted by Crippen LogP contribution is 2.22. The van der Waals surface area contributed by atoms with Gasteiger partial charge in [0.2, 0.25) is 5.91 Å². The zero-order valence-corrected chi connectivity index (χ0v) is 11.2. The summed E-state index contributed by atoms with van der Waals surface area (Å²) in [6.45, 7) is 3.03. The monoisotopic (exact) mass is 267 g/mol. The van der Waals surface area contributed by atoms with Crippen LogP contribution >= 0.6 is 11.8 Å². The van der Waals surface area contributed by atoms with Crippen LogP contribution < -0.4 is 0 Å². The molecule has 1 unspecified atom stereocenters. The lowest BCUT2D eigenvalue weighted by atomic mass is 10.1. The van der Waals surface area contributed by atoms with Crippen molar-refractivity contribution in [2.75, 3.05) is 18.8 Å². The third-order valence-electron chi connectivity index (χ3n) is 2.99. The molecule has 0 aliphatic carbocycles. The molecule has 0 radical (unpaired) electrons. The van der Waals surface area contributed by atoms with Crippen molar-refractivity contribution in [2.45, 2.75) is 19.8 Å². The SMILES string of the molecule is CC(=O)SCC1CC(=O)N(CCc2ncc[nH]2)C1. The number of nitrogens with one attached hydrogen (secondary N) is 1. The van der Waals surface area contributed by atoms with Gasteiger partial charge in [-0.1, -0.05) is 11.8 Å². The van der Waals surface area contributed by atoms with Crippen molar-refractivity contribution in [3.05, 3.63) is 18.2 Å². The number of aromatic amines is 1. The lowest BCUT2D eigenvalue weighted by molar-refractivity contribution is -0.127. The summed E-state index contributed by atoms with van der Waals surface area (Å²) in [5, 5.41) is 0.122. The Labute approximate surface area is 110 Å². The summed E-state index contributed by atoms with van der Waals surface area (Å²) in [7, 11) is 0. The predicted octanol–water partition coefficient (Wildman–Crippen LogP) is 1.08. The molecule has 18 heavy (non-hydrogen) atoms. The van der Waals surface area contributed by atoms with Crippen LogP contribution in [0.4, 0.5) is 0 Å². The van der Waals surface area contributed by atoms with Crippen LogP contribution in [0.3, 0.4) is 0 Å². The molecule has 1 saturated heterocycles. The van der Waals surface area contributed by atoms with Gasteiger partial charge in [0.05, 0.1) is 0 Å². The van der Waals surface area contributed by atoms with Gasteiger partial charge in [0.25, 0.3) is 0 Å². The fraction of sp³-hybridized carbons (Fsp3) is 0.583. The number of hydrogen-bond acceptors (Lipinski definition) is 4. The number of nitrogens with zero attached hydrogens (tertiary/aromatic N) is 2. The third-order valence-corrected chi connectivity index (χ3v) is 4.03. The first-order chi connectivity index (χ1) is 8.65. The fourth-order valence-corrected chi connectivity index (χ4v) is 2.79. The van der Waals surface area contributed by atoms with Crippen molar-refractivity contribution < 1.29 is 9.59 Å². The fourth-order valence-electron chi connectivity index (χ4n) is 2.09. The van der Waals surface area contributed by atoms with E-state index in [2.05, 4.69) is 9.97 Å². The lowest BCUT2D eigenvalue weighted by Gasteiger charge is -2.15. The average molecular weight is 267 g/mol. The molecular weight excluding hydrogens is 250 g/mol. The van der Waals surface area contributed by atoms with Crippen LogP contribution in [0.15, 0.2) is 12.4 Å². The minimum Gasteiger partial charge on any atom is -0.349 e. The first kappa shape index (κ1) is 13.1. The zero-order chi connectivity index (χ0) is 13.0. The first-order valence-corrected chi connectivity index (χ1v) is 7.03. The summed E-state index contributed by atoms with van der Waals surface area (Å²) in [6, 6.07) is 0. The van der Waals surface area contributed by atoms with Crippen molar-refractivity contribution in [1.29, 1.82) is 0 Å². The molecule has 1 aliphatic rings. The van der Waals surface area contributed by atoms with Gasteiger partial charge in [0.15, 0.2) is 5.12 Å². The van der Waals surface area contributed by atoms with E-state index in [0.717, 1.165) is 24.5 Å². The second-order valence-corrected chi connectivity index (χ2v) is 5.70. The molecule has 1 amide bonds. The molecule has 0 aromatic carbocycles. The van der Waals surface area contributed by atoms with Crippen LogP contribution in [-0.4, -0.2) is 44.7 Å². The van der Waals surface area contributed by atoms with Gasteiger partial charge in [-0.3, -0.25) is 9.59 Å². The van der Waals surface area contributed by atoms with Crippen LogP contribution in [0.2, 0.25) is 0 Å². The molecule has 98 valence electrons. The average Bonchev–Trinajstić information content (AvgIpc) is 2.93. The maximum absolute atomic E-state index is 11.8. The Kier molecular flexibility index (Phi) is 4.41. The molecule has 1 aromatic rings. The topological polar surface area (TPSA) is 66.1 Å². The van der Waals surface area contributed by atoms with Gasteiger partial charge in [-0.2, -0.15) is 0 Å². The van der Waals surface area contributed by atoms with E-state index in [0.29, 0.717) is 18.9 Å². The molecule has 2 heterocycles. The summed E-state index contributed by atoms with van der Waals surface area (Å²) in [4.78, 5) is 31.7. The van der Waals surface area contributed by atoms with Crippen molar-refractivity contribution in [3.63, 3.8) is 0 Å². The maximum atomic E-state index is 11.8. The smallest absolute Gasteiger partial charge is 0.222 e. The van der Waals surface area contributed by atoms with Gasteiger partial charge in [-0.25, -0.2) is 4.98 Å². The number of H-pyrrole nitrogens is 1. The number of amides is 1. The van der Waals surface area contributed by atoms with E-state index in [4.69, 9.17) is 0 Å². The van der Waals surface area contributed by atoms with Gasteiger partial charge in [-0.15, -0.1) is 0 Å². The number of hydrogen-bond donors (Lipinski definition) is 1. The number of likely N-dealkylation sites (tertiary alicyclic amines) is 1. The molecule has 1 aromatic heterocycles. The second kappa shape index (κ2) is 6.04. The molecule has 0 spiro atoms. The van der Waals surface area contributed by atoms with E-state index in [1.165, 1.54) is 11.8 Å².